The van der Waals surface area contributed by atoms with Crippen LogP contribution < -0.4 is 24.3 Å². The molecule has 3 aromatic carbocycles. The molecule has 2 aliphatic rings. The second-order valence-electron chi connectivity index (χ2n) is 12.0. The molecular formula is C36H43ClN2O8. The van der Waals surface area contributed by atoms with Gasteiger partial charge in [0.1, 0.15) is 12.4 Å². The highest BCUT2D eigenvalue weighted by Crippen LogP contribution is 2.50. The highest BCUT2D eigenvalue weighted by Gasteiger charge is 2.48. The Kier molecular flexibility index (Phi) is 11.2. The second-order valence-corrected chi connectivity index (χ2v) is 12.4. The van der Waals surface area contributed by atoms with E-state index in [1.807, 2.05) is 75.1 Å². The first kappa shape index (κ1) is 34.3. The summed E-state index contributed by atoms with van der Waals surface area (Å²) in [7, 11) is 1.54. The van der Waals surface area contributed by atoms with Crippen molar-refractivity contribution in [3.8, 4) is 23.0 Å². The minimum absolute atomic E-state index is 0.0215. The molecule has 1 saturated heterocycles. The first-order valence-corrected chi connectivity index (χ1v) is 16.4. The summed E-state index contributed by atoms with van der Waals surface area (Å²) in [5.41, 5.74) is 4.15. The van der Waals surface area contributed by atoms with Crippen molar-refractivity contribution >= 4 is 29.2 Å². The molecule has 252 valence electrons. The lowest BCUT2D eigenvalue weighted by Gasteiger charge is -2.27. The van der Waals surface area contributed by atoms with Crippen molar-refractivity contribution in [1.29, 1.82) is 0 Å². The van der Waals surface area contributed by atoms with Crippen LogP contribution in [0.15, 0.2) is 48.5 Å². The van der Waals surface area contributed by atoms with E-state index in [-0.39, 0.29) is 25.3 Å². The maximum Gasteiger partial charge on any atom is 0.309 e. The van der Waals surface area contributed by atoms with Gasteiger partial charge in [-0.2, -0.15) is 0 Å². The number of nitrogens with one attached hydrogen (secondary N) is 1. The van der Waals surface area contributed by atoms with Gasteiger partial charge < -0.3 is 34.1 Å². The predicted molar refractivity (Wildman–Crippen MR) is 179 cm³/mol. The summed E-state index contributed by atoms with van der Waals surface area (Å²) in [6.45, 7) is 9.16. The van der Waals surface area contributed by atoms with E-state index in [0.717, 1.165) is 27.9 Å². The van der Waals surface area contributed by atoms with Gasteiger partial charge in [-0.3, -0.25) is 14.5 Å². The molecule has 3 atom stereocenters. The van der Waals surface area contributed by atoms with E-state index in [1.165, 1.54) is 7.11 Å². The lowest BCUT2D eigenvalue weighted by Crippen LogP contribution is -2.35. The number of halogens is 1. The van der Waals surface area contributed by atoms with Crippen molar-refractivity contribution in [2.75, 3.05) is 45.5 Å². The number of hydrogen-bond donors (Lipinski definition) is 2. The third-order valence-corrected chi connectivity index (χ3v) is 8.87. The van der Waals surface area contributed by atoms with Crippen molar-refractivity contribution in [3.05, 3.63) is 75.8 Å². The Morgan fingerprint density at radius 2 is 1.72 bits per heavy atom. The SMILES string of the molecule is CCc1cc(Cl)cc(CC)c1NC(=O)CN1C[C@H](c2cc(OC)c3c(c2)OCO3)C(C(=O)O)[C@@H]1c1ccc(OCCOC(C)C)cc1. The summed E-state index contributed by atoms with van der Waals surface area (Å²) in [4.78, 5) is 28.8. The lowest BCUT2D eigenvalue weighted by molar-refractivity contribution is -0.143. The van der Waals surface area contributed by atoms with E-state index in [2.05, 4.69) is 5.32 Å². The molecule has 2 aliphatic heterocycles. The van der Waals surface area contributed by atoms with Crippen LogP contribution in [0.25, 0.3) is 0 Å². The van der Waals surface area contributed by atoms with Crippen LogP contribution in [0, 0.1) is 5.92 Å². The zero-order valence-corrected chi connectivity index (χ0v) is 28.3. The van der Waals surface area contributed by atoms with Gasteiger partial charge >= 0.3 is 5.97 Å². The summed E-state index contributed by atoms with van der Waals surface area (Å²) in [5.74, 6) is -0.459. The van der Waals surface area contributed by atoms with Crippen LogP contribution in [-0.2, 0) is 27.2 Å². The van der Waals surface area contributed by atoms with Crippen LogP contribution in [0.4, 0.5) is 5.69 Å². The number of aliphatic carboxylic acids is 1. The normalized spacial score (nSPS) is 18.8. The van der Waals surface area contributed by atoms with Crippen molar-refractivity contribution in [1.82, 2.24) is 4.90 Å². The fraction of sp³-hybridized carbons (Fsp3) is 0.444. The van der Waals surface area contributed by atoms with Crippen molar-refractivity contribution in [3.63, 3.8) is 0 Å². The zero-order valence-electron chi connectivity index (χ0n) is 27.5. The van der Waals surface area contributed by atoms with Gasteiger partial charge in [-0.1, -0.05) is 37.6 Å². The standard InChI is InChI=1S/C36H43ClN2O8/c1-6-22-14-26(37)15-23(7-2)33(22)38-31(40)19-39-18-28(25-16-29(43-5)35-30(17-25)46-20-47-35)32(36(41)42)34(39)24-8-10-27(11-9-24)45-13-12-44-21(3)4/h8-11,14-17,21,28,32,34H,6-7,12-13,18-20H2,1-5H3,(H,38,40)(H,41,42)/t28-,32?,34+/m1/s1. The Morgan fingerprint density at radius 1 is 1.02 bits per heavy atom. The summed E-state index contributed by atoms with van der Waals surface area (Å²) >= 11 is 6.36. The minimum Gasteiger partial charge on any atom is -0.493 e. The van der Waals surface area contributed by atoms with E-state index in [9.17, 15) is 14.7 Å². The van der Waals surface area contributed by atoms with Crippen molar-refractivity contribution < 1.29 is 38.4 Å². The maximum absolute atomic E-state index is 13.8. The van der Waals surface area contributed by atoms with Gasteiger partial charge in [0, 0.05) is 29.2 Å². The first-order valence-electron chi connectivity index (χ1n) is 16.0. The summed E-state index contributed by atoms with van der Waals surface area (Å²) < 4.78 is 28.2. The van der Waals surface area contributed by atoms with Crippen molar-refractivity contribution in [2.24, 2.45) is 5.92 Å². The summed E-state index contributed by atoms with van der Waals surface area (Å²) in [6, 6.07) is 14.2. The summed E-state index contributed by atoms with van der Waals surface area (Å²) in [6.07, 6.45) is 1.50. The molecule has 0 bridgehead atoms. The van der Waals surface area contributed by atoms with Gasteiger partial charge in [0.2, 0.25) is 18.4 Å². The Balaban J connectivity index is 1.47. The Morgan fingerprint density at radius 3 is 2.34 bits per heavy atom. The number of carboxylic acids is 1. The average molecular weight is 667 g/mol. The zero-order chi connectivity index (χ0) is 33.7. The smallest absolute Gasteiger partial charge is 0.309 e. The minimum atomic E-state index is -0.968. The van der Waals surface area contributed by atoms with Gasteiger partial charge in [-0.05, 0) is 85.3 Å². The molecule has 1 fully saturated rings. The van der Waals surface area contributed by atoms with Gasteiger partial charge in [-0.15, -0.1) is 0 Å². The largest absolute Gasteiger partial charge is 0.493 e. The van der Waals surface area contributed by atoms with Crippen molar-refractivity contribution in [2.45, 2.75) is 58.6 Å². The molecule has 0 aromatic heterocycles. The fourth-order valence-electron chi connectivity index (χ4n) is 6.50. The molecule has 0 saturated carbocycles. The molecular weight excluding hydrogens is 624 g/mol. The first-order chi connectivity index (χ1) is 22.6. The molecule has 3 aromatic rings. The molecule has 1 amide bonds. The number of hydrogen-bond acceptors (Lipinski definition) is 8. The van der Waals surface area contributed by atoms with E-state index in [4.69, 9.17) is 35.3 Å². The second kappa shape index (κ2) is 15.3. The number of carboxylic acid groups (broad SMARTS) is 1. The molecule has 47 heavy (non-hydrogen) atoms. The number of likely N-dealkylation sites (tertiary alicyclic amines) is 1. The van der Waals surface area contributed by atoms with Crippen LogP contribution in [0.3, 0.4) is 0 Å². The van der Waals surface area contributed by atoms with Gasteiger partial charge in [0.15, 0.2) is 11.5 Å². The van der Waals surface area contributed by atoms with Gasteiger partial charge in [0.05, 0.1) is 32.3 Å². The number of ether oxygens (including phenoxy) is 5. The number of benzene rings is 3. The number of carbonyl (C=O) groups excluding carboxylic acids is 1. The van der Waals surface area contributed by atoms with Crippen LogP contribution in [-0.4, -0.2) is 68.2 Å². The fourth-order valence-corrected chi connectivity index (χ4v) is 6.77. The topological polar surface area (TPSA) is 116 Å². The number of nitrogens with zero attached hydrogens (tertiary/aromatic N) is 1. The number of methoxy groups -OCH3 is 1. The average Bonchev–Trinajstić information content (AvgIpc) is 3.68. The number of carbonyl (C=O) groups is 2. The molecule has 10 nitrogen and oxygen atoms in total. The third kappa shape index (κ3) is 7.77. The Labute approximate surface area is 280 Å². The molecule has 11 heteroatoms. The molecule has 0 aliphatic carbocycles. The van der Waals surface area contributed by atoms with Gasteiger partial charge in [0.25, 0.3) is 0 Å². The number of aryl methyl sites for hydroxylation is 2. The molecule has 0 spiro atoms. The van der Waals surface area contributed by atoms with E-state index in [1.54, 1.807) is 6.07 Å². The highest BCUT2D eigenvalue weighted by atomic mass is 35.5. The molecule has 2 heterocycles. The molecule has 2 N–H and O–H groups in total. The monoisotopic (exact) mass is 666 g/mol. The van der Waals surface area contributed by atoms with Crippen LogP contribution in [0.1, 0.15) is 61.9 Å². The number of amides is 1. The van der Waals surface area contributed by atoms with E-state index >= 15 is 0 Å². The molecule has 5 rings (SSSR count). The Bertz CT molecular complexity index is 1550. The maximum atomic E-state index is 13.8. The van der Waals surface area contributed by atoms with Crippen LogP contribution in [0.5, 0.6) is 23.0 Å². The quantitative estimate of drug-likeness (QED) is 0.186. The summed E-state index contributed by atoms with van der Waals surface area (Å²) in [5, 5.41) is 14.5. The predicted octanol–water partition coefficient (Wildman–Crippen LogP) is 6.49. The molecule has 0 radical (unpaired) electrons. The number of rotatable bonds is 14. The number of anilines is 1. The highest BCUT2D eigenvalue weighted by molar-refractivity contribution is 6.30. The van der Waals surface area contributed by atoms with Gasteiger partial charge in [-0.25, -0.2) is 0 Å². The molecule has 1 unspecified atom stereocenters. The lowest BCUT2D eigenvalue weighted by atomic mass is 9.82. The van der Waals surface area contributed by atoms with Crippen LogP contribution in [0.2, 0.25) is 5.02 Å². The van der Waals surface area contributed by atoms with E-state index < -0.39 is 23.8 Å². The van der Waals surface area contributed by atoms with Crippen LogP contribution >= 0.6 is 11.6 Å². The third-order valence-electron chi connectivity index (χ3n) is 8.66. The Hall–Kier alpha value is -3.99. The number of fused-ring (bicyclic) bond motifs is 1. The van der Waals surface area contributed by atoms with E-state index in [0.29, 0.717) is 60.6 Å².